The van der Waals surface area contributed by atoms with Gasteiger partial charge >= 0.3 is 0 Å². The van der Waals surface area contributed by atoms with Gasteiger partial charge in [-0.2, -0.15) is 5.10 Å². The molecule has 2 N–H and O–H groups in total. The average Bonchev–Trinajstić information content (AvgIpc) is 3.40. The Balaban J connectivity index is 1.42. The van der Waals surface area contributed by atoms with Gasteiger partial charge in [-0.1, -0.05) is 0 Å². The van der Waals surface area contributed by atoms with Crippen LogP contribution in [0, 0.1) is 24.0 Å². The highest BCUT2D eigenvalue weighted by molar-refractivity contribution is 5.85. The number of nitrogens with one attached hydrogen (secondary N) is 2. The van der Waals surface area contributed by atoms with E-state index in [-0.39, 0.29) is 24.9 Å². The van der Waals surface area contributed by atoms with E-state index in [0.717, 1.165) is 22.6 Å². The Bertz CT molecular complexity index is 1280. The molecular formula is C23H23N5O6. The minimum atomic E-state index is -0.468. The molecule has 0 saturated heterocycles. The van der Waals surface area contributed by atoms with Crippen molar-refractivity contribution >= 4 is 23.5 Å². The van der Waals surface area contributed by atoms with Gasteiger partial charge < -0.3 is 24.1 Å². The molecular weight excluding hydrogens is 442 g/mol. The predicted octanol–water partition coefficient (Wildman–Crippen LogP) is 3.30. The summed E-state index contributed by atoms with van der Waals surface area (Å²) in [6.45, 7) is 4.00. The number of hydrogen-bond donors (Lipinski definition) is 2. The summed E-state index contributed by atoms with van der Waals surface area (Å²) in [6, 6.07) is 11.7. The van der Waals surface area contributed by atoms with Crippen molar-refractivity contribution in [3.63, 3.8) is 0 Å². The smallest absolute Gasteiger partial charge is 0.273 e. The number of aromatic nitrogens is 1. The molecule has 0 fully saturated rings. The number of methoxy groups -OCH3 is 1. The highest BCUT2D eigenvalue weighted by atomic mass is 16.7. The summed E-state index contributed by atoms with van der Waals surface area (Å²) in [5.41, 5.74) is 6.32. The van der Waals surface area contributed by atoms with E-state index < -0.39 is 4.92 Å². The summed E-state index contributed by atoms with van der Waals surface area (Å²) in [7, 11) is 1.46. The van der Waals surface area contributed by atoms with Crippen LogP contribution in [0.4, 0.5) is 11.4 Å². The normalized spacial score (nSPS) is 12.1. The van der Waals surface area contributed by atoms with Gasteiger partial charge in [-0.15, -0.1) is 0 Å². The molecule has 2 aromatic carbocycles. The zero-order valence-corrected chi connectivity index (χ0v) is 18.8. The first-order chi connectivity index (χ1) is 16.4. The van der Waals surface area contributed by atoms with Gasteiger partial charge in [-0.05, 0) is 38.1 Å². The van der Waals surface area contributed by atoms with Gasteiger partial charge in [0.15, 0.2) is 11.5 Å². The number of rotatable bonds is 8. The van der Waals surface area contributed by atoms with Gasteiger partial charge in [0, 0.05) is 34.8 Å². The molecule has 3 aromatic rings. The number of hydrogen-bond acceptors (Lipinski definition) is 8. The molecule has 0 saturated carbocycles. The lowest BCUT2D eigenvalue weighted by molar-refractivity contribution is -0.384. The Morgan fingerprint density at radius 2 is 2.00 bits per heavy atom. The minimum absolute atomic E-state index is 0.0238. The van der Waals surface area contributed by atoms with Gasteiger partial charge in [0.05, 0.1) is 36.5 Å². The number of carbonyl (C=O) groups excluding carboxylic acids is 1. The first-order valence-electron chi connectivity index (χ1n) is 10.3. The SMILES string of the molecule is COc1cc([N+](=O)[O-])ccc1-n1c(C)cc(/C=N\NC(=O)CNc2ccc3c(c2)OCO3)c1C. The third-order valence-corrected chi connectivity index (χ3v) is 5.30. The molecule has 2 heterocycles. The number of nitrogens with zero attached hydrogens (tertiary/aromatic N) is 3. The third-order valence-electron chi connectivity index (χ3n) is 5.30. The van der Waals surface area contributed by atoms with Crippen LogP contribution in [0.25, 0.3) is 5.69 Å². The largest absolute Gasteiger partial charge is 0.494 e. The van der Waals surface area contributed by atoms with Crippen molar-refractivity contribution in [2.75, 3.05) is 25.8 Å². The Labute approximate surface area is 195 Å². The van der Waals surface area contributed by atoms with Crippen molar-refractivity contribution in [1.82, 2.24) is 9.99 Å². The fraction of sp³-hybridized carbons (Fsp3) is 0.217. The number of hydrazone groups is 1. The van der Waals surface area contributed by atoms with Crippen LogP contribution < -0.4 is 25.0 Å². The molecule has 1 amide bonds. The number of amides is 1. The number of nitro groups is 1. The summed E-state index contributed by atoms with van der Waals surface area (Å²) in [5, 5.41) is 18.1. The van der Waals surface area contributed by atoms with Crippen molar-refractivity contribution in [3.05, 3.63) is 69.5 Å². The Hall–Kier alpha value is -4.54. The van der Waals surface area contributed by atoms with Gasteiger partial charge in [0.1, 0.15) is 5.75 Å². The maximum Gasteiger partial charge on any atom is 0.273 e. The Morgan fingerprint density at radius 1 is 1.21 bits per heavy atom. The topological polar surface area (TPSA) is 129 Å². The number of benzene rings is 2. The second-order valence-electron chi connectivity index (χ2n) is 7.49. The second kappa shape index (κ2) is 9.53. The molecule has 1 aliphatic rings. The standard InChI is InChI=1S/C23H23N5O6/c1-14-8-16(15(2)27(14)19-6-5-18(28(30)31)10-21(19)32-3)11-25-26-23(29)12-24-17-4-7-20-22(9-17)34-13-33-20/h4-11,24H,12-13H2,1-3H3,(H,26,29)/b25-11-. The molecule has 1 aromatic heterocycles. The molecule has 4 rings (SSSR count). The van der Waals surface area contributed by atoms with Crippen LogP contribution in [0.1, 0.15) is 17.0 Å². The fourth-order valence-electron chi connectivity index (χ4n) is 3.66. The van der Waals surface area contributed by atoms with E-state index in [2.05, 4.69) is 15.8 Å². The molecule has 0 atom stereocenters. The van der Waals surface area contributed by atoms with Crippen LogP contribution in [-0.4, -0.2) is 42.1 Å². The molecule has 0 unspecified atom stereocenters. The van der Waals surface area contributed by atoms with E-state index in [1.165, 1.54) is 19.2 Å². The summed E-state index contributed by atoms with van der Waals surface area (Å²) >= 11 is 0. The molecule has 0 bridgehead atoms. The first kappa shape index (κ1) is 22.6. The molecule has 1 aliphatic heterocycles. The van der Waals surface area contributed by atoms with E-state index in [4.69, 9.17) is 14.2 Å². The molecule has 0 aliphatic carbocycles. The first-order valence-corrected chi connectivity index (χ1v) is 10.3. The maximum absolute atomic E-state index is 12.2. The zero-order valence-electron chi connectivity index (χ0n) is 18.8. The summed E-state index contributed by atoms with van der Waals surface area (Å²) in [6.07, 6.45) is 1.55. The van der Waals surface area contributed by atoms with Crippen LogP contribution >= 0.6 is 0 Å². The van der Waals surface area contributed by atoms with Crippen molar-refractivity contribution in [2.24, 2.45) is 5.10 Å². The van der Waals surface area contributed by atoms with Crippen molar-refractivity contribution in [3.8, 4) is 22.9 Å². The highest BCUT2D eigenvalue weighted by Gasteiger charge is 2.17. The lowest BCUT2D eigenvalue weighted by atomic mass is 10.2. The number of non-ortho nitro benzene ring substituents is 1. The minimum Gasteiger partial charge on any atom is -0.494 e. The Morgan fingerprint density at radius 3 is 2.76 bits per heavy atom. The molecule has 0 radical (unpaired) electrons. The van der Waals surface area contributed by atoms with Crippen molar-refractivity contribution in [1.29, 1.82) is 0 Å². The second-order valence-corrected chi connectivity index (χ2v) is 7.49. The van der Waals surface area contributed by atoms with Gasteiger partial charge in [-0.25, -0.2) is 5.43 Å². The van der Waals surface area contributed by atoms with E-state index in [0.29, 0.717) is 22.9 Å². The van der Waals surface area contributed by atoms with Crippen LogP contribution in [0.2, 0.25) is 0 Å². The number of carbonyl (C=O) groups is 1. The molecule has 0 spiro atoms. The number of anilines is 1. The number of nitro benzene ring substituents is 1. The number of aryl methyl sites for hydroxylation is 1. The van der Waals surface area contributed by atoms with Gasteiger partial charge in [-0.3, -0.25) is 14.9 Å². The average molecular weight is 465 g/mol. The summed E-state index contributed by atoms with van der Waals surface area (Å²) < 4.78 is 17.9. The van der Waals surface area contributed by atoms with Crippen molar-refractivity contribution in [2.45, 2.75) is 13.8 Å². The van der Waals surface area contributed by atoms with Crippen molar-refractivity contribution < 1.29 is 23.9 Å². The van der Waals surface area contributed by atoms with Crippen LogP contribution in [0.3, 0.4) is 0 Å². The van der Waals surface area contributed by atoms with Crippen LogP contribution in [0.5, 0.6) is 17.2 Å². The predicted molar refractivity (Wildman–Crippen MR) is 125 cm³/mol. The summed E-state index contributed by atoms with van der Waals surface area (Å²) in [5.74, 6) is 1.36. The lowest BCUT2D eigenvalue weighted by Gasteiger charge is -2.13. The van der Waals surface area contributed by atoms with Gasteiger partial charge in [0.25, 0.3) is 11.6 Å². The van der Waals surface area contributed by atoms with Crippen LogP contribution in [0.15, 0.2) is 47.6 Å². The number of fused-ring (bicyclic) bond motifs is 1. The zero-order chi connectivity index (χ0) is 24.2. The highest BCUT2D eigenvalue weighted by Crippen LogP contribution is 2.34. The molecule has 11 heteroatoms. The fourth-order valence-corrected chi connectivity index (χ4v) is 3.66. The lowest BCUT2D eigenvalue weighted by Crippen LogP contribution is -2.25. The van der Waals surface area contributed by atoms with E-state index >= 15 is 0 Å². The maximum atomic E-state index is 12.2. The third kappa shape index (κ3) is 4.63. The van der Waals surface area contributed by atoms with E-state index in [9.17, 15) is 14.9 Å². The Kier molecular flexibility index (Phi) is 6.35. The van der Waals surface area contributed by atoms with Crippen LogP contribution in [-0.2, 0) is 4.79 Å². The molecule has 176 valence electrons. The quantitative estimate of drug-likeness (QED) is 0.297. The molecule has 34 heavy (non-hydrogen) atoms. The van der Waals surface area contributed by atoms with E-state index in [1.54, 1.807) is 30.5 Å². The van der Waals surface area contributed by atoms with Gasteiger partial charge in [0.2, 0.25) is 6.79 Å². The number of ether oxygens (including phenoxy) is 3. The van der Waals surface area contributed by atoms with E-state index in [1.807, 2.05) is 24.5 Å². The molecule has 11 nitrogen and oxygen atoms in total. The monoisotopic (exact) mass is 465 g/mol. The summed E-state index contributed by atoms with van der Waals surface area (Å²) in [4.78, 5) is 22.8.